The lowest BCUT2D eigenvalue weighted by atomic mass is 10.1. The summed E-state index contributed by atoms with van der Waals surface area (Å²) in [6.07, 6.45) is -4.45. The third-order valence-corrected chi connectivity index (χ3v) is 2.99. The molecular formula is C13H17FO5. The van der Waals surface area contributed by atoms with Crippen molar-refractivity contribution in [3.8, 4) is 0 Å². The van der Waals surface area contributed by atoms with Crippen molar-refractivity contribution in [2.45, 2.75) is 31.0 Å². The minimum atomic E-state index is -2.64. The summed E-state index contributed by atoms with van der Waals surface area (Å²) in [6, 6.07) is 9.38. The summed E-state index contributed by atoms with van der Waals surface area (Å²) in [5.41, 5.74) is 0.943. The van der Waals surface area contributed by atoms with Crippen LogP contribution in [0.3, 0.4) is 0 Å². The quantitative estimate of drug-likeness (QED) is 0.768. The zero-order valence-corrected chi connectivity index (χ0v) is 10.5. The van der Waals surface area contributed by atoms with Crippen LogP contribution >= 0.6 is 0 Å². The number of methoxy groups -OCH3 is 1. The van der Waals surface area contributed by atoms with Crippen molar-refractivity contribution in [1.82, 2.24) is 0 Å². The van der Waals surface area contributed by atoms with Gasteiger partial charge in [0.25, 0.3) is 5.79 Å². The average molecular weight is 272 g/mol. The van der Waals surface area contributed by atoms with E-state index in [1.807, 2.05) is 30.3 Å². The van der Waals surface area contributed by atoms with E-state index in [1.165, 1.54) is 7.11 Å². The highest BCUT2D eigenvalue weighted by atomic mass is 19.1. The third-order valence-electron chi connectivity index (χ3n) is 2.99. The predicted octanol–water partition coefficient (Wildman–Crippen LogP) is 0.593. The van der Waals surface area contributed by atoms with Crippen molar-refractivity contribution in [1.29, 1.82) is 0 Å². The fourth-order valence-corrected chi connectivity index (χ4v) is 1.95. The van der Waals surface area contributed by atoms with Crippen LogP contribution < -0.4 is 0 Å². The van der Waals surface area contributed by atoms with Crippen molar-refractivity contribution in [3.63, 3.8) is 0 Å². The number of alkyl halides is 1. The van der Waals surface area contributed by atoms with Crippen LogP contribution in [0.4, 0.5) is 4.39 Å². The summed E-state index contributed by atoms with van der Waals surface area (Å²) in [7, 11) is 1.21. The van der Waals surface area contributed by atoms with Crippen molar-refractivity contribution in [2.75, 3.05) is 13.7 Å². The first-order chi connectivity index (χ1) is 9.05. The summed E-state index contributed by atoms with van der Waals surface area (Å²) in [5, 5.41) is 19.0. The second-order valence-electron chi connectivity index (χ2n) is 4.43. The average Bonchev–Trinajstić information content (AvgIpc) is 2.63. The molecule has 5 nitrogen and oxygen atoms in total. The fraction of sp³-hybridized carbons (Fsp3) is 0.538. The highest BCUT2D eigenvalue weighted by Gasteiger charge is 2.56. The molecule has 0 unspecified atom stereocenters. The minimum Gasteiger partial charge on any atom is -0.374 e. The Morgan fingerprint density at radius 3 is 2.58 bits per heavy atom. The summed E-state index contributed by atoms with van der Waals surface area (Å²) in [5.74, 6) is -2.64. The molecule has 0 bridgehead atoms. The van der Waals surface area contributed by atoms with Gasteiger partial charge in [-0.15, -0.1) is 0 Å². The molecule has 1 aromatic rings. The molecule has 1 aliphatic heterocycles. The molecule has 2 rings (SSSR count). The Morgan fingerprint density at radius 1 is 1.32 bits per heavy atom. The molecule has 3 atom stereocenters. The summed E-state index contributed by atoms with van der Waals surface area (Å²) < 4.78 is 28.8. The van der Waals surface area contributed by atoms with Crippen LogP contribution in [0.1, 0.15) is 5.56 Å². The van der Waals surface area contributed by atoms with Gasteiger partial charge in [-0.2, -0.15) is 0 Å². The monoisotopic (exact) mass is 272 g/mol. The van der Waals surface area contributed by atoms with E-state index in [-0.39, 0.29) is 6.61 Å². The number of hydrogen-bond donors (Lipinski definition) is 2. The molecule has 0 saturated carbocycles. The van der Waals surface area contributed by atoms with Crippen LogP contribution in [0.25, 0.3) is 0 Å². The van der Waals surface area contributed by atoms with Crippen LogP contribution in [0.15, 0.2) is 30.3 Å². The van der Waals surface area contributed by atoms with Crippen LogP contribution in [0, 0.1) is 0 Å². The maximum Gasteiger partial charge on any atom is 0.250 e. The van der Waals surface area contributed by atoms with E-state index in [4.69, 9.17) is 9.47 Å². The molecule has 1 aliphatic rings. The van der Waals surface area contributed by atoms with Crippen LogP contribution in [-0.4, -0.2) is 48.3 Å². The number of rotatable bonds is 5. The highest BCUT2D eigenvalue weighted by Crippen LogP contribution is 2.32. The molecule has 0 aliphatic carbocycles. The predicted molar refractivity (Wildman–Crippen MR) is 63.8 cm³/mol. The Bertz CT molecular complexity index is 397. The molecular weight excluding hydrogens is 255 g/mol. The second kappa shape index (κ2) is 5.94. The summed E-state index contributed by atoms with van der Waals surface area (Å²) >= 11 is 0. The number of ether oxygens (including phenoxy) is 3. The Hall–Kier alpha value is -1.05. The first-order valence-electron chi connectivity index (χ1n) is 5.94. The Morgan fingerprint density at radius 2 is 2.00 bits per heavy atom. The third kappa shape index (κ3) is 3.10. The summed E-state index contributed by atoms with van der Waals surface area (Å²) in [6.45, 7) is 0.216. The molecule has 1 fully saturated rings. The van der Waals surface area contributed by atoms with Gasteiger partial charge in [0.1, 0.15) is 6.10 Å². The zero-order chi connectivity index (χ0) is 13.9. The lowest BCUT2D eigenvalue weighted by Crippen LogP contribution is -2.47. The van der Waals surface area contributed by atoms with Crippen molar-refractivity contribution in [2.24, 2.45) is 0 Å². The molecule has 0 radical (unpaired) electrons. The Kier molecular flexibility index (Phi) is 4.49. The van der Waals surface area contributed by atoms with Gasteiger partial charge in [-0.1, -0.05) is 30.3 Å². The van der Waals surface area contributed by atoms with E-state index in [1.54, 1.807) is 0 Å². The maximum absolute atomic E-state index is 13.7. The Balaban J connectivity index is 1.84. The van der Waals surface area contributed by atoms with Crippen molar-refractivity contribution >= 4 is 0 Å². The first-order valence-corrected chi connectivity index (χ1v) is 5.94. The van der Waals surface area contributed by atoms with E-state index < -0.39 is 24.4 Å². The number of benzene rings is 1. The number of aliphatic hydroxyl groups is 2. The van der Waals surface area contributed by atoms with Crippen LogP contribution in [-0.2, 0) is 20.8 Å². The number of halogens is 1. The van der Waals surface area contributed by atoms with E-state index in [2.05, 4.69) is 4.74 Å². The molecule has 106 valence electrons. The standard InChI is InChI=1S/C13H17FO5/c1-17-12-13(15,16)11(14)10(19-12)8-18-7-9-5-3-2-4-6-9/h2-6,10-12,15-16H,7-8H2,1H3/t10-,11-,12+/m1/s1. The lowest BCUT2D eigenvalue weighted by Gasteiger charge is -2.21. The smallest absolute Gasteiger partial charge is 0.250 e. The first kappa shape index (κ1) is 14.4. The van der Waals surface area contributed by atoms with E-state index in [0.29, 0.717) is 6.61 Å². The van der Waals surface area contributed by atoms with E-state index in [9.17, 15) is 14.6 Å². The summed E-state index contributed by atoms with van der Waals surface area (Å²) in [4.78, 5) is 0. The van der Waals surface area contributed by atoms with Gasteiger partial charge in [-0.3, -0.25) is 0 Å². The molecule has 6 heteroatoms. The topological polar surface area (TPSA) is 68.2 Å². The van der Waals surface area contributed by atoms with E-state index >= 15 is 0 Å². The van der Waals surface area contributed by atoms with Gasteiger partial charge >= 0.3 is 0 Å². The molecule has 1 heterocycles. The molecule has 1 aromatic carbocycles. The van der Waals surface area contributed by atoms with Gasteiger partial charge < -0.3 is 24.4 Å². The SMILES string of the molecule is CO[C@H]1O[C@H](COCc2ccccc2)[C@@H](F)C1(O)O. The van der Waals surface area contributed by atoms with Gasteiger partial charge in [0, 0.05) is 7.11 Å². The van der Waals surface area contributed by atoms with Gasteiger partial charge in [0.2, 0.25) is 6.29 Å². The largest absolute Gasteiger partial charge is 0.374 e. The van der Waals surface area contributed by atoms with Gasteiger partial charge in [-0.25, -0.2) is 4.39 Å². The molecule has 19 heavy (non-hydrogen) atoms. The van der Waals surface area contributed by atoms with Crippen molar-refractivity contribution in [3.05, 3.63) is 35.9 Å². The minimum absolute atomic E-state index is 0.0845. The molecule has 1 saturated heterocycles. The zero-order valence-electron chi connectivity index (χ0n) is 10.5. The van der Waals surface area contributed by atoms with E-state index in [0.717, 1.165) is 5.56 Å². The Labute approximate surface area is 110 Å². The number of hydrogen-bond acceptors (Lipinski definition) is 5. The molecule has 0 amide bonds. The molecule has 0 aromatic heterocycles. The fourth-order valence-electron chi connectivity index (χ4n) is 1.95. The van der Waals surface area contributed by atoms with Crippen molar-refractivity contribution < 1.29 is 28.8 Å². The normalized spacial score (nSPS) is 29.6. The maximum atomic E-state index is 13.7. The van der Waals surface area contributed by atoms with Gasteiger partial charge in [-0.05, 0) is 5.56 Å². The second-order valence-corrected chi connectivity index (χ2v) is 4.43. The van der Waals surface area contributed by atoms with Gasteiger partial charge in [0.05, 0.1) is 13.2 Å². The van der Waals surface area contributed by atoms with Crippen LogP contribution in [0.5, 0.6) is 0 Å². The van der Waals surface area contributed by atoms with Gasteiger partial charge in [0.15, 0.2) is 6.17 Å². The molecule has 0 spiro atoms. The highest BCUT2D eigenvalue weighted by molar-refractivity contribution is 5.13. The lowest BCUT2D eigenvalue weighted by molar-refractivity contribution is -0.282. The molecule has 2 N–H and O–H groups in total. The van der Waals surface area contributed by atoms with Crippen LogP contribution in [0.2, 0.25) is 0 Å².